The average molecular weight is 394 g/mol. The second-order valence-corrected chi connectivity index (χ2v) is 7.37. The van der Waals surface area contributed by atoms with Gasteiger partial charge in [0, 0.05) is 17.0 Å². The third kappa shape index (κ3) is 3.34. The predicted octanol–water partition coefficient (Wildman–Crippen LogP) is 5.34. The lowest BCUT2D eigenvalue weighted by Gasteiger charge is -2.08. The van der Waals surface area contributed by atoms with Crippen LogP contribution in [0.2, 0.25) is 0 Å². The molecule has 1 aliphatic heterocycles. The van der Waals surface area contributed by atoms with Gasteiger partial charge in [-0.05, 0) is 60.7 Å². The van der Waals surface area contributed by atoms with Gasteiger partial charge in [0.15, 0.2) is 5.76 Å². The summed E-state index contributed by atoms with van der Waals surface area (Å²) >= 11 is 1.52. The summed E-state index contributed by atoms with van der Waals surface area (Å²) in [6.45, 7) is 3.71. The molecule has 0 radical (unpaired) electrons. The molecule has 0 N–H and O–H groups in total. The molecule has 2 heterocycles. The van der Waals surface area contributed by atoms with Gasteiger partial charge in [0.2, 0.25) is 5.78 Å². The maximum Gasteiger partial charge on any atom is 0.343 e. The zero-order valence-corrected chi connectivity index (χ0v) is 15.9. The molecule has 28 heavy (non-hydrogen) atoms. The summed E-state index contributed by atoms with van der Waals surface area (Å²) in [6.07, 6.45) is 1.72. The molecule has 6 heteroatoms. The molecule has 0 unspecified atom stereocenters. The molecule has 0 fully saturated rings. The fraction of sp³-hybridized carbons (Fsp3) is 0.0909. The van der Waals surface area contributed by atoms with Crippen molar-refractivity contribution in [3.05, 3.63) is 86.6 Å². The van der Waals surface area contributed by atoms with Crippen LogP contribution in [-0.2, 0) is 0 Å². The zero-order chi connectivity index (χ0) is 19.8. The zero-order valence-electron chi connectivity index (χ0n) is 15.1. The first-order valence-corrected chi connectivity index (χ1v) is 9.41. The van der Waals surface area contributed by atoms with Crippen molar-refractivity contribution in [2.75, 3.05) is 0 Å². The quantitative estimate of drug-likeness (QED) is 0.342. The highest BCUT2D eigenvalue weighted by Gasteiger charge is 2.30. The van der Waals surface area contributed by atoms with Crippen LogP contribution in [0.4, 0.5) is 4.39 Å². The lowest BCUT2D eigenvalue weighted by atomic mass is 10.0. The van der Waals surface area contributed by atoms with Gasteiger partial charge in [0.05, 0.1) is 11.1 Å². The number of ether oxygens (including phenoxy) is 2. The molecule has 140 valence electrons. The Hall–Kier alpha value is -3.25. The fourth-order valence-electron chi connectivity index (χ4n) is 2.97. The maximum atomic E-state index is 13.3. The third-order valence-corrected chi connectivity index (χ3v) is 5.34. The van der Waals surface area contributed by atoms with Gasteiger partial charge in [-0.3, -0.25) is 4.79 Å². The Morgan fingerprint density at radius 3 is 2.68 bits per heavy atom. The molecule has 0 saturated heterocycles. The number of hydrogen-bond donors (Lipinski definition) is 0. The van der Waals surface area contributed by atoms with Gasteiger partial charge in [-0.15, -0.1) is 11.3 Å². The van der Waals surface area contributed by atoms with E-state index in [1.165, 1.54) is 35.6 Å². The second-order valence-electron chi connectivity index (χ2n) is 6.42. The smallest absolute Gasteiger partial charge is 0.343 e. The first kappa shape index (κ1) is 18.1. The topological polar surface area (TPSA) is 52.6 Å². The number of esters is 1. The van der Waals surface area contributed by atoms with E-state index in [0.717, 1.165) is 16.5 Å². The van der Waals surface area contributed by atoms with E-state index in [9.17, 15) is 14.0 Å². The van der Waals surface area contributed by atoms with E-state index in [2.05, 4.69) is 0 Å². The van der Waals surface area contributed by atoms with Gasteiger partial charge in [-0.25, -0.2) is 9.18 Å². The van der Waals surface area contributed by atoms with Crippen molar-refractivity contribution in [3.63, 3.8) is 0 Å². The number of ketones is 1. The molecule has 2 aromatic carbocycles. The van der Waals surface area contributed by atoms with Gasteiger partial charge in [-0.2, -0.15) is 0 Å². The highest BCUT2D eigenvalue weighted by atomic mass is 32.1. The van der Waals surface area contributed by atoms with Crippen molar-refractivity contribution < 1.29 is 23.5 Å². The van der Waals surface area contributed by atoms with Crippen LogP contribution in [0.5, 0.6) is 11.5 Å². The van der Waals surface area contributed by atoms with Crippen LogP contribution in [-0.4, -0.2) is 11.8 Å². The summed E-state index contributed by atoms with van der Waals surface area (Å²) in [4.78, 5) is 25.9. The first-order chi connectivity index (χ1) is 13.4. The number of halogens is 1. The first-order valence-electron chi connectivity index (χ1n) is 8.53. The van der Waals surface area contributed by atoms with E-state index < -0.39 is 11.8 Å². The normalized spacial score (nSPS) is 14.1. The Balaban J connectivity index is 1.62. The maximum absolute atomic E-state index is 13.3. The summed E-state index contributed by atoms with van der Waals surface area (Å²) in [5.41, 5.74) is 2.25. The van der Waals surface area contributed by atoms with E-state index >= 15 is 0 Å². The minimum atomic E-state index is -0.687. The van der Waals surface area contributed by atoms with Crippen LogP contribution in [0.1, 0.15) is 36.7 Å². The van der Waals surface area contributed by atoms with Crippen molar-refractivity contribution in [3.8, 4) is 11.5 Å². The minimum Gasteiger partial charge on any atom is -0.452 e. The molecule has 0 atom stereocenters. The van der Waals surface area contributed by atoms with Gasteiger partial charge < -0.3 is 9.47 Å². The Labute approximate surface area is 164 Å². The van der Waals surface area contributed by atoms with Crippen molar-refractivity contribution >= 4 is 29.2 Å². The van der Waals surface area contributed by atoms with Crippen LogP contribution < -0.4 is 9.47 Å². The number of rotatable bonds is 3. The molecule has 1 aliphatic rings. The van der Waals surface area contributed by atoms with E-state index in [-0.39, 0.29) is 22.9 Å². The summed E-state index contributed by atoms with van der Waals surface area (Å²) in [5, 5.41) is 1.95. The van der Waals surface area contributed by atoms with Gasteiger partial charge >= 0.3 is 5.97 Å². The van der Waals surface area contributed by atoms with E-state index in [1.54, 1.807) is 19.1 Å². The van der Waals surface area contributed by atoms with Crippen molar-refractivity contribution in [1.29, 1.82) is 0 Å². The van der Waals surface area contributed by atoms with Crippen LogP contribution in [0.25, 0.3) is 6.08 Å². The summed E-state index contributed by atoms with van der Waals surface area (Å²) in [6, 6.07) is 10.3. The molecule has 0 saturated carbocycles. The van der Waals surface area contributed by atoms with Gasteiger partial charge in [0.1, 0.15) is 17.3 Å². The van der Waals surface area contributed by atoms with Crippen LogP contribution >= 0.6 is 11.3 Å². The Bertz CT molecular complexity index is 1140. The standard InChI is InChI=1S/C22H15FO4S/c1-12-6-7-28-19(12)11-18-21(24)20-13(2)8-16(10-17(20)27-18)26-22(25)14-4-3-5-15(23)9-14/h3-11H,1-2H3/b18-11-. The number of carbonyl (C=O) groups is 2. The molecule has 0 bridgehead atoms. The lowest BCUT2D eigenvalue weighted by molar-refractivity contribution is 0.0734. The van der Waals surface area contributed by atoms with Gasteiger partial charge in [-0.1, -0.05) is 6.07 Å². The number of carbonyl (C=O) groups excluding carboxylic acids is 2. The molecule has 0 amide bonds. The van der Waals surface area contributed by atoms with E-state index in [1.807, 2.05) is 18.4 Å². The van der Waals surface area contributed by atoms with Crippen LogP contribution in [0.3, 0.4) is 0 Å². The number of Topliss-reactive ketones (excluding diaryl/α,β-unsaturated/α-hetero) is 1. The molecule has 4 rings (SSSR count). The molecule has 4 nitrogen and oxygen atoms in total. The SMILES string of the molecule is Cc1ccsc1/C=C1\Oc2cc(OC(=O)c3cccc(F)c3)cc(C)c2C1=O. The molecule has 0 aliphatic carbocycles. The minimum absolute atomic E-state index is 0.101. The number of benzene rings is 2. The second kappa shape index (κ2) is 7.05. The summed E-state index contributed by atoms with van der Waals surface area (Å²) in [5.74, 6) is -0.611. The highest BCUT2D eigenvalue weighted by Crippen LogP contribution is 2.38. The molecular weight excluding hydrogens is 379 g/mol. The van der Waals surface area contributed by atoms with E-state index in [0.29, 0.717) is 16.9 Å². The fourth-order valence-corrected chi connectivity index (χ4v) is 3.82. The van der Waals surface area contributed by atoms with Gasteiger partial charge in [0.25, 0.3) is 0 Å². The van der Waals surface area contributed by atoms with Crippen molar-refractivity contribution in [1.82, 2.24) is 0 Å². The number of hydrogen-bond acceptors (Lipinski definition) is 5. The number of aryl methyl sites for hydroxylation is 2. The lowest BCUT2D eigenvalue weighted by Crippen LogP contribution is -2.09. The van der Waals surface area contributed by atoms with Crippen molar-refractivity contribution in [2.45, 2.75) is 13.8 Å². The Morgan fingerprint density at radius 2 is 1.96 bits per heavy atom. The van der Waals surface area contributed by atoms with Crippen LogP contribution in [0, 0.1) is 19.7 Å². The van der Waals surface area contributed by atoms with Crippen molar-refractivity contribution in [2.24, 2.45) is 0 Å². The Kier molecular flexibility index (Phi) is 4.57. The third-order valence-electron chi connectivity index (χ3n) is 4.38. The predicted molar refractivity (Wildman–Crippen MR) is 105 cm³/mol. The van der Waals surface area contributed by atoms with E-state index in [4.69, 9.17) is 9.47 Å². The average Bonchev–Trinajstić information content (AvgIpc) is 3.19. The molecule has 1 aromatic heterocycles. The number of allylic oxidation sites excluding steroid dienone is 1. The molecular formula is C22H15FO4S. The van der Waals surface area contributed by atoms with Crippen LogP contribution in [0.15, 0.2) is 53.6 Å². The molecule has 3 aromatic rings. The number of thiophene rings is 1. The summed E-state index contributed by atoms with van der Waals surface area (Å²) < 4.78 is 24.4. The summed E-state index contributed by atoms with van der Waals surface area (Å²) in [7, 11) is 0. The monoisotopic (exact) mass is 394 g/mol. The Morgan fingerprint density at radius 1 is 1.14 bits per heavy atom. The highest BCUT2D eigenvalue weighted by molar-refractivity contribution is 7.11. The largest absolute Gasteiger partial charge is 0.452 e. The number of fused-ring (bicyclic) bond motifs is 1. The molecule has 0 spiro atoms.